The smallest absolute Gasteiger partial charge is 0.338 e. The maximum atomic E-state index is 12.0. The summed E-state index contributed by atoms with van der Waals surface area (Å²) in [5.74, 6) is -0.413. The van der Waals surface area contributed by atoms with Crippen LogP contribution in [0.2, 0.25) is 0 Å². The molecule has 0 spiro atoms. The van der Waals surface area contributed by atoms with Crippen molar-refractivity contribution < 1.29 is 14.3 Å². The summed E-state index contributed by atoms with van der Waals surface area (Å²) in [5, 5.41) is 5.42. The molecule has 0 unspecified atom stereocenters. The molecule has 0 atom stereocenters. The molecule has 0 aliphatic carbocycles. The van der Waals surface area contributed by atoms with Crippen LogP contribution in [0.25, 0.3) is 0 Å². The summed E-state index contributed by atoms with van der Waals surface area (Å²) in [6.45, 7) is 2.05. The summed E-state index contributed by atoms with van der Waals surface area (Å²) < 4.78 is 5.96. The number of halogens is 1. The van der Waals surface area contributed by atoms with Gasteiger partial charge >= 0.3 is 12.0 Å². The number of nitrogens with one attached hydrogen (secondary N) is 2. The molecule has 2 N–H and O–H groups in total. The molecule has 2 aromatic carbocycles. The van der Waals surface area contributed by atoms with Crippen molar-refractivity contribution in [2.75, 3.05) is 17.2 Å². The van der Waals surface area contributed by atoms with Crippen LogP contribution in [0.1, 0.15) is 17.3 Å². The highest BCUT2D eigenvalue weighted by Gasteiger charge is 2.08. The molecule has 0 aliphatic rings. The van der Waals surface area contributed by atoms with Gasteiger partial charge in [0.25, 0.3) is 0 Å². The minimum atomic E-state index is -0.413. The van der Waals surface area contributed by atoms with E-state index in [0.29, 0.717) is 23.5 Å². The maximum absolute atomic E-state index is 12.0. The molecule has 114 valence electrons. The molecule has 5 nitrogen and oxygen atoms in total. The van der Waals surface area contributed by atoms with Gasteiger partial charge < -0.3 is 15.4 Å². The van der Waals surface area contributed by atoms with Crippen LogP contribution in [-0.2, 0) is 4.74 Å². The molecule has 0 saturated carbocycles. The number of carbonyl (C=O) groups is 2. The highest BCUT2D eigenvalue weighted by Crippen LogP contribution is 2.15. The lowest BCUT2D eigenvalue weighted by Crippen LogP contribution is -2.19. The number of hydrogen-bond acceptors (Lipinski definition) is 3. The van der Waals surface area contributed by atoms with Crippen LogP contribution >= 0.6 is 22.6 Å². The quantitative estimate of drug-likeness (QED) is 0.589. The number of amides is 2. The van der Waals surface area contributed by atoms with Crippen molar-refractivity contribution in [1.82, 2.24) is 0 Å². The van der Waals surface area contributed by atoms with Crippen molar-refractivity contribution in [3.05, 3.63) is 57.7 Å². The van der Waals surface area contributed by atoms with Gasteiger partial charge in [-0.2, -0.15) is 0 Å². The first kappa shape index (κ1) is 16.3. The van der Waals surface area contributed by atoms with Crippen LogP contribution in [0.5, 0.6) is 0 Å². The van der Waals surface area contributed by atoms with Gasteiger partial charge in [0.1, 0.15) is 0 Å². The van der Waals surface area contributed by atoms with Gasteiger partial charge in [-0.05, 0) is 65.9 Å². The number of hydrogen-bond donors (Lipinski definition) is 2. The van der Waals surface area contributed by atoms with E-state index in [2.05, 4.69) is 33.2 Å². The van der Waals surface area contributed by atoms with Crippen LogP contribution in [0.4, 0.5) is 16.2 Å². The third kappa shape index (κ3) is 4.73. The number of carbonyl (C=O) groups excluding carboxylic acids is 2. The van der Waals surface area contributed by atoms with Gasteiger partial charge in [-0.1, -0.05) is 12.1 Å². The SMILES string of the molecule is CCOC(=O)c1cccc(NC(=O)Nc2cccc(I)c2)c1. The van der Waals surface area contributed by atoms with E-state index in [1.807, 2.05) is 18.2 Å². The molecule has 22 heavy (non-hydrogen) atoms. The van der Waals surface area contributed by atoms with Gasteiger partial charge in [-0.3, -0.25) is 0 Å². The molecule has 6 heteroatoms. The molecule has 0 bridgehead atoms. The Morgan fingerprint density at radius 3 is 2.32 bits per heavy atom. The number of ether oxygens (including phenoxy) is 1. The second-order valence-electron chi connectivity index (χ2n) is 4.39. The van der Waals surface area contributed by atoms with Gasteiger partial charge in [0, 0.05) is 14.9 Å². The zero-order valence-electron chi connectivity index (χ0n) is 11.9. The van der Waals surface area contributed by atoms with Crippen molar-refractivity contribution in [1.29, 1.82) is 0 Å². The van der Waals surface area contributed by atoms with Crippen molar-refractivity contribution in [3.8, 4) is 0 Å². The standard InChI is InChI=1S/C16H15IN2O3/c1-2-22-15(20)11-5-3-7-13(9-11)18-16(21)19-14-8-4-6-12(17)10-14/h3-10H,2H2,1H3,(H2,18,19,21). The summed E-state index contributed by atoms with van der Waals surface area (Å²) in [7, 11) is 0. The van der Waals surface area contributed by atoms with Gasteiger partial charge in [0.15, 0.2) is 0 Å². The fourth-order valence-corrected chi connectivity index (χ4v) is 2.34. The highest BCUT2D eigenvalue weighted by atomic mass is 127. The summed E-state index contributed by atoms with van der Waals surface area (Å²) in [4.78, 5) is 23.6. The minimum absolute atomic E-state index is 0.309. The molecule has 0 fully saturated rings. The second kappa shape index (κ2) is 7.79. The zero-order valence-corrected chi connectivity index (χ0v) is 14.1. The van der Waals surface area contributed by atoms with Gasteiger partial charge in [-0.25, -0.2) is 9.59 Å². The number of esters is 1. The fourth-order valence-electron chi connectivity index (χ4n) is 1.80. The lowest BCUT2D eigenvalue weighted by Gasteiger charge is -2.09. The Kier molecular flexibility index (Phi) is 5.76. The average molecular weight is 410 g/mol. The largest absolute Gasteiger partial charge is 0.462 e. The molecule has 0 saturated heterocycles. The number of rotatable bonds is 4. The highest BCUT2D eigenvalue weighted by molar-refractivity contribution is 14.1. The van der Waals surface area contributed by atoms with Gasteiger partial charge in [0.05, 0.1) is 12.2 Å². The molecule has 2 amide bonds. The normalized spacial score (nSPS) is 9.91. The lowest BCUT2D eigenvalue weighted by atomic mass is 10.2. The molecule has 0 heterocycles. The van der Waals surface area contributed by atoms with Gasteiger partial charge in [0.2, 0.25) is 0 Å². The Labute approximate surface area is 142 Å². The molecule has 2 rings (SSSR count). The zero-order chi connectivity index (χ0) is 15.9. The number of benzene rings is 2. The lowest BCUT2D eigenvalue weighted by molar-refractivity contribution is 0.0526. The fraction of sp³-hybridized carbons (Fsp3) is 0.125. The van der Waals surface area contributed by atoms with Crippen LogP contribution in [0, 0.1) is 3.57 Å². The van der Waals surface area contributed by atoms with E-state index in [1.165, 1.54) is 0 Å². The predicted molar refractivity (Wildman–Crippen MR) is 94.2 cm³/mol. The first-order valence-electron chi connectivity index (χ1n) is 6.69. The monoisotopic (exact) mass is 410 g/mol. The maximum Gasteiger partial charge on any atom is 0.338 e. The van der Waals surface area contributed by atoms with E-state index in [-0.39, 0.29) is 6.03 Å². The third-order valence-electron chi connectivity index (χ3n) is 2.71. The minimum Gasteiger partial charge on any atom is -0.462 e. The van der Waals surface area contributed by atoms with E-state index in [0.717, 1.165) is 3.57 Å². The van der Waals surface area contributed by atoms with E-state index in [9.17, 15) is 9.59 Å². The average Bonchev–Trinajstić information content (AvgIpc) is 2.47. The first-order chi connectivity index (χ1) is 10.6. The Bertz CT molecular complexity index is 689. The molecule has 0 radical (unpaired) electrons. The van der Waals surface area contributed by atoms with E-state index >= 15 is 0 Å². The second-order valence-corrected chi connectivity index (χ2v) is 5.64. The summed E-state index contributed by atoms with van der Waals surface area (Å²) in [6.07, 6.45) is 0. The van der Waals surface area contributed by atoms with E-state index < -0.39 is 5.97 Å². The van der Waals surface area contributed by atoms with E-state index in [1.54, 1.807) is 37.3 Å². The summed E-state index contributed by atoms with van der Waals surface area (Å²) in [5.41, 5.74) is 1.62. The van der Waals surface area contributed by atoms with Crippen LogP contribution in [-0.4, -0.2) is 18.6 Å². The third-order valence-corrected chi connectivity index (χ3v) is 3.39. The summed E-state index contributed by atoms with van der Waals surface area (Å²) >= 11 is 2.17. The molecule has 2 aromatic rings. The molecular formula is C16H15IN2O3. The van der Waals surface area contributed by atoms with Crippen LogP contribution < -0.4 is 10.6 Å². The first-order valence-corrected chi connectivity index (χ1v) is 7.77. The molecule has 0 aromatic heterocycles. The van der Waals surface area contributed by atoms with Crippen molar-refractivity contribution >= 4 is 46.0 Å². The van der Waals surface area contributed by atoms with Crippen molar-refractivity contribution in [3.63, 3.8) is 0 Å². The Morgan fingerprint density at radius 1 is 1.05 bits per heavy atom. The Balaban J connectivity index is 2.02. The van der Waals surface area contributed by atoms with Crippen molar-refractivity contribution in [2.45, 2.75) is 6.92 Å². The van der Waals surface area contributed by atoms with Gasteiger partial charge in [-0.15, -0.1) is 0 Å². The predicted octanol–water partition coefficient (Wildman–Crippen LogP) is 4.11. The Morgan fingerprint density at radius 2 is 1.68 bits per heavy atom. The van der Waals surface area contributed by atoms with Crippen LogP contribution in [0.15, 0.2) is 48.5 Å². The number of anilines is 2. The molecular weight excluding hydrogens is 395 g/mol. The number of urea groups is 1. The van der Waals surface area contributed by atoms with E-state index in [4.69, 9.17) is 4.74 Å². The summed E-state index contributed by atoms with van der Waals surface area (Å²) in [6, 6.07) is 13.7. The molecule has 0 aliphatic heterocycles. The van der Waals surface area contributed by atoms with Crippen LogP contribution in [0.3, 0.4) is 0 Å². The Hall–Kier alpha value is -2.09. The topological polar surface area (TPSA) is 67.4 Å². The van der Waals surface area contributed by atoms with Crippen molar-refractivity contribution in [2.24, 2.45) is 0 Å².